The Morgan fingerprint density at radius 2 is 2.05 bits per heavy atom. The van der Waals surface area contributed by atoms with Crippen LogP contribution in [0.5, 0.6) is 5.88 Å². The van der Waals surface area contributed by atoms with Gasteiger partial charge in [0, 0.05) is 6.07 Å². The van der Waals surface area contributed by atoms with Crippen molar-refractivity contribution in [2.75, 3.05) is 5.43 Å². The number of nitrogens with zero attached hydrogens (tertiary/aromatic N) is 2. The zero-order chi connectivity index (χ0) is 15.5. The third-order valence-corrected chi connectivity index (χ3v) is 3.76. The van der Waals surface area contributed by atoms with Crippen LogP contribution in [0.2, 0.25) is 0 Å². The Labute approximate surface area is 121 Å². The van der Waals surface area contributed by atoms with Crippen molar-refractivity contribution in [3.05, 3.63) is 11.8 Å². The van der Waals surface area contributed by atoms with E-state index in [1.54, 1.807) is 0 Å². The Hall–Kier alpha value is -1.57. The summed E-state index contributed by atoms with van der Waals surface area (Å²) in [7, 11) is 0. The standard InChI is InChI=1S/C13H19F3N4O/c1-2-8-5-3-4-6-9(8)21-11-7-10(13(14,15)16)18-12(19-11)20-17/h7-9H,2-6,17H2,1H3,(H,18,19,20). The first-order valence-corrected chi connectivity index (χ1v) is 7.03. The van der Waals surface area contributed by atoms with E-state index in [4.69, 9.17) is 10.6 Å². The fourth-order valence-corrected chi connectivity index (χ4v) is 2.65. The molecule has 1 saturated carbocycles. The second-order valence-electron chi connectivity index (χ2n) is 5.17. The monoisotopic (exact) mass is 304 g/mol. The van der Waals surface area contributed by atoms with E-state index in [1.165, 1.54) is 0 Å². The van der Waals surface area contributed by atoms with Crippen LogP contribution >= 0.6 is 0 Å². The van der Waals surface area contributed by atoms with Gasteiger partial charge in [0.15, 0.2) is 5.69 Å². The van der Waals surface area contributed by atoms with Crippen LogP contribution in [0.4, 0.5) is 19.1 Å². The van der Waals surface area contributed by atoms with Crippen LogP contribution in [0.15, 0.2) is 6.07 Å². The van der Waals surface area contributed by atoms with Gasteiger partial charge in [0.05, 0.1) is 0 Å². The van der Waals surface area contributed by atoms with Gasteiger partial charge in [-0.1, -0.05) is 13.3 Å². The topological polar surface area (TPSA) is 73.1 Å². The van der Waals surface area contributed by atoms with E-state index in [9.17, 15) is 13.2 Å². The highest BCUT2D eigenvalue weighted by Crippen LogP contribution is 2.33. The summed E-state index contributed by atoms with van der Waals surface area (Å²) in [6.07, 6.45) is 0.264. The highest BCUT2D eigenvalue weighted by Gasteiger charge is 2.34. The Morgan fingerprint density at radius 3 is 2.67 bits per heavy atom. The van der Waals surface area contributed by atoms with Crippen molar-refractivity contribution in [1.82, 2.24) is 9.97 Å². The molecule has 0 spiro atoms. The van der Waals surface area contributed by atoms with E-state index in [1.807, 2.05) is 5.43 Å². The third-order valence-electron chi connectivity index (χ3n) is 3.76. The van der Waals surface area contributed by atoms with Crippen molar-refractivity contribution in [2.24, 2.45) is 11.8 Å². The molecule has 0 amide bonds. The predicted octanol–water partition coefficient (Wildman–Crippen LogP) is 3.13. The summed E-state index contributed by atoms with van der Waals surface area (Å²) in [5, 5.41) is 0. The molecule has 2 unspecified atom stereocenters. The first kappa shape index (κ1) is 15.8. The van der Waals surface area contributed by atoms with Gasteiger partial charge in [0.1, 0.15) is 6.10 Å². The number of nitrogens with two attached hydrogens (primary N) is 1. The van der Waals surface area contributed by atoms with Gasteiger partial charge in [-0.25, -0.2) is 10.8 Å². The average Bonchev–Trinajstić information content (AvgIpc) is 2.46. The van der Waals surface area contributed by atoms with Crippen LogP contribution in [0.3, 0.4) is 0 Å². The fraction of sp³-hybridized carbons (Fsp3) is 0.692. The number of nitrogens with one attached hydrogen (secondary N) is 1. The summed E-state index contributed by atoms with van der Waals surface area (Å²) in [4.78, 5) is 7.16. The maximum atomic E-state index is 12.8. The number of halogens is 3. The fourth-order valence-electron chi connectivity index (χ4n) is 2.65. The number of hydrogen-bond donors (Lipinski definition) is 2. The van der Waals surface area contributed by atoms with E-state index >= 15 is 0 Å². The minimum absolute atomic E-state index is 0.0874. The molecule has 1 aliphatic carbocycles. The maximum Gasteiger partial charge on any atom is 0.433 e. The minimum atomic E-state index is -4.57. The molecule has 8 heteroatoms. The molecule has 1 aromatic rings. The normalized spacial score (nSPS) is 22.9. The van der Waals surface area contributed by atoms with Crippen LogP contribution in [-0.4, -0.2) is 16.1 Å². The maximum absolute atomic E-state index is 12.8. The smallest absolute Gasteiger partial charge is 0.433 e. The second kappa shape index (κ2) is 6.46. The van der Waals surface area contributed by atoms with Crippen LogP contribution in [-0.2, 0) is 6.18 Å². The average molecular weight is 304 g/mol. The van der Waals surface area contributed by atoms with E-state index in [2.05, 4.69) is 16.9 Å². The van der Waals surface area contributed by atoms with E-state index in [0.29, 0.717) is 5.92 Å². The van der Waals surface area contributed by atoms with Gasteiger partial charge in [0.25, 0.3) is 0 Å². The third kappa shape index (κ3) is 3.96. The summed E-state index contributed by atoms with van der Waals surface area (Å²) in [5.41, 5.74) is 0.975. The lowest BCUT2D eigenvalue weighted by molar-refractivity contribution is -0.141. The summed E-state index contributed by atoms with van der Waals surface area (Å²) in [6, 6.07) is 0.822. The highest BCUT2D eigenvalue weighted by molar-refractivity contribution is 5.30. The van der Waals surface area contributed by atoms with Crippen LogP contribution in [0.1, 0.15) is 44.7 Å². The quantitative estimate of drug-likeness (QED) is 0.660. The zero-order valence-electron chi connectivity index (χ0n) is 11.8. The van der Waals surface area contributed by atoms with Crippen molar-refractivity contribution in [1.29, 1.82) is 0 Å². The first-order chi connectivity index (χ1) is 9.94. The molecule has 118 valence electrons. The van der Waals surface area contributed by atoms with Gasteiger partial charge in [0.2, 0.25) is 11.8 Å². The SMILES string of the molecule is CCC1CCCCC1Oc1cc(C(F)(F)F)nc(NN)n1. The number of hydrogen-bond acceptors (Lipinski definition) is 5. The van der Waals surface area contributed by atoms with Gasteiger partial charge >= 0.3 is 6.18 Å². The largest absolute Gasteiger partial charge is 0.474 e. The Bertz CT molecular complexity index is 481. The molecule has 0 aliphatic heterocycles. The molecule has 0 radical (unpaired) electrons. The molecular formula is C13H19F3N4O. The molecular weight excluding hydrogens is 285 g/mol. The van der Waals surface area contributed by atoms with Crippen molar-refractivity contribution in [3.8, 4) is 5.88 Å². The number of nitrogen functional groups attached to an aromatic ring is 1. The van der Waals surface area contributed by atoms with E-state index in [-0.39, 0.29) is 17.9 Å². The summed E-state index contributed by atoms with van der Waals surface area (Å²) >= 11 is 0. The number of hydrazine groups is 1. The van der Waals surface area contributed by atoms with Crippen LogP contribution in [0.25, 0.3) is 0 Å². The zero-order valence-corrected chi connectivity index (χ0v) is 11.8. The lowest BCUT2D eigenvalue weighted by atomic mass is 9.85. The summed E-state index contributed by atoms with van der Waals surface area (Å²) in [5.74, 6) is 5.07. The lowest BCUT2D eigenvalue weighted by Gasteiger charge is -2.30. The number of ether oxygens (including phenoxy) is 1. The van der Waals surface area contributed by atoms with Crippen LogP contribution < -0.4 is 16.0 Å². The number of rotatable bonds is 4. The Kier molecular flexibility index (Phi) is 4.87. The number of aromatic nitrogens is 2. The van der Waals surface area contributed by atoms with E-state index in [0.717, 1.165) is 38.2 Å². The van der Waals surface area contributed by atoms with Gasteiger partial charge < -0.3 is 4.74 Å². The summed E-state index contributed by atoms with van der Waals surface area (Å²) < 4.78 is 44.1. The minimum Gasteiger partial charge on any atom is -0.474 e. The molecule has 2 rings (SSSR count). The molecule has 0 bridgehead atoms. The van der Waals surface area contributed by atoms with Crippen LogP contribution in [0, 0.1) is 5.92 Å². The van der Waals surface area contributed by atoms with Gasteiger partial charge in [-0.3, -0.25) is 5.43 Å². The number of alkyl halides is 3. The molecule has 1 aliphatic rings. The van der Waals surface area contributed by atoms with Crippen molar-refractivity contribution in [3.63, 3.8) is 0 Å². The first-order valence-electron chi connectivity index (χ1n) is 7.03. The highest BCUT2D eigenvalue weighted by atomic mass is 19.4. The molecule has 1 fully saturated rings. The molecule has 5 nitrogen and oxygen atoms in total. The molecule has 3 N–H and O–H groups in total. The molecule has 0 aromatic carbocycles. The molecule has 1 heterocycles. The van der Waals surface area contributed by atoms with Gasteiger partial charge in [-0.2, -0.15) is 18.2 Å². The molecule has 1 aromatic heterocycles. The Balaban J connectivity index is 2.22. The summed E-state index contributed by atoms with van der Waals surface area (Å²) in [6.45, 7) is 2.06. The van der Waals surface area contributed by atoms with Gasteiger partial charge in [-0.05, 0) is 31.6 Å². The predicted molar refractivity (Wildman–Crippen MR) is 71.5 cm³/mol. The van der Waals surface area contributed by atoms with Crippen molar-refractivity contribution in [2.45, 2.75) is 51.3 Å². The van der Waals surface area contributed by atoms with Crippen molar-refractivity contribution < 1.29 is 17.9 Å². The number of anilines is 1. The van der Waals surface area contributed by atoms with E-state index < -0.39 is 11.9 Å². The molecule has 21 heavy (non-hydrogen) atoms. The lowest BCUT2D eigenvalue weighted by Crippen LogP contribution is -2.30. The molecule has 2 atom stereocenters. The molecule has 0 saturated heterocycles. The van der Waals surface area contributed by atoms with Crippen molar-refractivity contribution >= 4 is 5.95 Å². The second-order valence-corrected chi connectivity index (χ2v) is 5.17. The van der Waals surface area contributed by atoms with Gasteiger partial charge in [-0.15, -0.1) is 0 Å². The Morgan fingerprint density at radius 1 is 1.33 bits per heavy atom.